The Hall–Kier alpha value is -1.15. The minimum absolute atomic E-state index is 0.0872. The monoisotopic (exact) mass is 203 g/mol. The van der Waals surface area contributed by atoms with Gasteiger partial charge in [0.25, 0.3) is 0 Å². The van der Waals surface area contributed by atoms with Gasteiger partial charge < -0.3 is 5.73 Å². The Labute approximate surface area is 90.5 Å². The zero-order valence-corrected chi connectivity index (χ0v) is 9.12. The lowest BCUT2D eigenvalue weighted by molar-refractivity contribution is 0.111. The van der Waals surface area contributed by atoms with Crippen LogP contribution in [0.15, 0.2) is 18.2 Å². The highest BCUT2D eigenvalue weighted by atomic mass is 16.1. The Kier molecular flexibility index (Phi) is 2.61. The lowest BCUT2D eigenvalue weighted by Gasteiger charge is -2.42. The van der Waals surface area contributed by atoms with Crippen LogP contribution in [0.3, 0.4) is 0 Å². The SMILES string of the molecule is Cc1ccc(C2(CN)CCC2)c(C=O)c1. The van der Waals surface area contributed by atoms with Gasteiger partial charge in [-0.1, -0.05) is 24.1 Å². The largest absolute Gasteiger partial charge is 0.330 e. The van der Waals surface area contributed by atoms with Gasteiger partial charge in [-0.05, 0) is 31.4 Å². The normalized spacial score (nSPS) is 18.3. The third-order valence-electron chi connectivity index (χ3n) is 3.61. The van der Waals surface area contributed by atoms with Crippen LogP contribution in [0.1, 0.15) is 40.7 Å². The summed E-state index contributed by atoms with van der Waals surface area (Å²) in [5.41, 5.74) is 9.04. The van der Waals surface area contributed by atoms with Crippen LogP contribution in [-0.2, 0) is 5.41 Å². The summed E-state index contributed by atoms with van der Waals surface area (Å²) in [4.78, 5) is 11.0. The molecular formula is C13H17NO. The molecule has 0 saturated heterocycles. The second-order valence-electron chi connectivity index (χ2n) is 4.55. The highest BCUT2D eigenvalue weighted by molar-refractivity contribution is 5.78. The number of aldehydes is 1. The fourth-order valence-electron chi connectivity index (χ4n) is 2.45. The Morgan fingerprint density at radius 2 is 2.20 bits per heavy atom. The fourth-order valence-corrected chi connectivity index (χ4v) is 2.45. The number of carbonyl (C=O) groups is 1. The molecule has 0 radical (unpaired) electrons. The molecule has 0 bridgehead atoms. The first-order valence-electron chi connectivity index (χ1n) is 5.48. The maximum Gasteiger partial charge on any atom is 0.150 e. The van der Waals surface area contributed by atoms with E-state index in [1.807, 2.05) is 13.0 Å². The molecule has 1 aliphatic rings. The molecule has 2 N–H and O–H groups in total. The minimum Gasteiger partial charge on any atom is -0.330 e. The van der Waals surface area contributed by atoms with Crippen LogP contribution in [0.4, 0.5) is 0 Å². The third-order valence-corrected chi connectivity index (χ3v) is 3.61. The first kappa shape index (κ1) is 10.4. The van der Waals surface area contributed by atoms with Crippen LogP contribution in [0.5, 0.6) is 0 Å². The van der Waals surface area contributed by atoms with Crippen molar-refractivity contribution in [3.05, 3.63) is 34.9 Å². The van der Waals surface area contributed by atoms with Crippen molar-refractivity contribution in [1.82, 2.24) is 0 Å². The molecule has 1 fully saturated rings. The molecule has 1 aromatic rings. The van der Waals surface area contributed by atoms with Gasteiger partial charge in [0.1, 0.15) is 6.29 Å². The molecule has 2 nitrogen and oxygen atoms in total. The van der Waals surface area contributed by atoms with E-state index in [0.29, 0.717) is 6.54 Å². The Morgan fingerprint density at radius 3 is 2.67 bits per heavy atom. The Bertz CT molecular complexity index is 375. The maximum absolute atomic E-state index is 11.0. The molecule has 1 aliphatic carbocycles. The van der Waals surface area contributed by atoms with E-state index in [4.69, 9.17) is 5.73 Å². The lowest BCUT2D eigenvalue weighted by atomic mass is 9.63. The summed E-state index contributed by atoms with van der Waals surface area (Å²) in [5, 5.41) is 0. The van der Waals surface area contributed by atoms with Gasteiger partial charge in [-0.2, -0.15) is 0 Å². The van der Waals surface area contributed by atoms with Crippen molar-refractivity contribution < 1.29 is 4.79 Å². The summed E-state index contributed by atoms with van der Waals surface area (Å²) >= 11 is 0. The van der Waals surface area contributed by atoms with Gasteiger partial charge in [-0.3, -0.25) is 4.79 Å². The van der Waals surface area contributed by atoms with Crippen molar-refractivity contribution >= 4 is 6.29 Å². The van der Waals surface area contributed by atoms with E-state index in [0.717, 1.165) is 35.8 Å². The molecule has 0 aliphatic heterocycles. The van der Waals surface area contributed by atoms with Gasteiger partial charge in [-0.25, -0.2) is 0 Å². The lowest BCUT2D eigenvalue weighted by Crippen LogP contribution is -2.42. The summed E-state index contributed by atoms with van der Waals surface area (Å²) in [7, 11) is 0. The number of rotatable bonds is 3. The average Bonchev–Trinajstić information content (AvgIpc) is 2.19. The minimum atomic E-state index is 0.0872. The van der Waals surface area contributed by atoms with E-state index in [1.54, 1.807) is 0 Å². The summed E-state index contributed by atoms with van der Waals surface area (Å²) in [5.74, 6) is 0. The van der Waals surface area contributed by atoms with Crippen molar-refractivity contribution in [2.24, 2.45) is 5.73 Å². The summed E-state index contributed by atoms with van der Waals surface area (Å²) < 4.78 is 0. The topological polar surface area (TPSA) is 43.1 Å². The zero-order chi connectivity index (χ0) is 10.9. The number of carbonyl (C=O) groups excluding carboxylic acids is 1. The van der Waals surface area contributed by atoms with E-state index in [9.17, 15) is 4.79 Å². The average molecular weight is 203 g/mol. The van der Waals surface area contributed by atoms with E-state index in [1.165, 1.54) is 6.42 Å². The van der Waals surface area contributed by atoms with Crippen LogP contribution in [0.2, 0.25) is 0 Å². The third kappa shape index (κ3) is 1.59. The summed E-state index contributed by atoms with van der Waals surface area (Å²) in [6, 6.07) is 6.10. The first-order valence-corrected chi connectivity index (χ1v) is 5.48. The molecule has 2 heteroatoms. The molecular weight excluding hydrogens is 186 g/mol. The van der Waals surface area contributed by atoms with Crippen molar-refractivity contribution in [3.63, 3.8) is 0 Å². The molecule has 0 spiro atoms. The number of aryl methyl sites for hydroxylation is 1. The van der Waals surface area contributed by atoms with Crippen LogP contribution < -0.4 is 5.73 Å². The maximum atomic E-state index is 11.0. The van der Waals surface area contributed by atoms with Gasteiger partial charge in [0, 0.05) is 17.5 Å². The molecule has 80 valence electrons. The van der Waals surface area contributed by atoms with Gasteiger partial charge in [0.15, 0.2) is 0 Å². The molecule has 1 aromatic carbocycles. The van der Waals surface area contributed by atoms with Crippen molar-refractivity contribution in [3.8, 4) is 0 Å². The molecule has 15 heavy (non-hydrogen) atoms. The predicted octanol–water partition coefficient (Wildman–Crippen LogP) is 2.19. The smallest absolute Gasteiger partial charge is 0.150 e. The van der Waals surface area contributed by atoms with Crippen LogP contribution in [0.25, 0.3) is 0 Å². The van der Waals surface area contributed by atoms with E-state index < -0.39 is 0 Å². The highest BCUT2D eigenvalue weighted by Gasteiger charge is 2.38. The van der Waals surface area contributed by atoms with Crippen molar-refractivity contribution in [2.45, 2.75) is 31.6 Å². The molecule has 0 heterocycles. The second kappa shape index (κ2) is 3.78. The van der Waals surface area contributed by atoms with Gasteiger partial charge in [0.05, 0.1) is 0 Å². The van der Waals surface area contributed by atoms with Crippen molar-refractivity contribution in [2.75, 3.05) is 6.54 Å². The molecule has 2 rings (SSSR count). The number of benzene rings is 1. The molecule has 1 saturated carbocycles. The van der Waals surface area contributed by atoms with Crippen LogP contribution in [0, 0.1) is 6.92 Å². The Morgan fingerprint density at radius 1 is 1.47 bits per heavy atom. The molecule has 0 unspecified atom stereocenters. The first-order chi connectivity index (χ1) is 7.22. The van der Waals surface area contributed by atoms with Gasteiger partial charge in [-0.15, -0.1) is 0 Å². The van der Waals surface area contributed by atoms with E-state index in [-0.39, 0.29) is 5.41 Å². The number of hydrogen-bond donors (Lipinski definition) is 1. The number of hydrogen-bond acceptors (Lipinski definition) is 2. The molecule has 0 aromatic heterocycles. The predicted molar refractivity (Wildman–Crippen MR) is 61.1 cm³/mol. The van der Waals surface area contributed by atoms with Crippen LogP contribution >= 0.6 is 0 Å². The molecule has 0 atom stereocenters. The summed E-state index contributed by atoms with van der Waals surface area (Å²) in [6.07, 6.45) is 4.42. The fraction of sp³-hybridized carbons (Fsp3) is 0.462. The van der Waals surface area contributed by atoms with Crippen molar-refractivity contribution in [1.29, 1.82) is 0 Å². The highest BCUT2D eigenvalue weighted by Crippen LogP contribution is 2.43. The zero-order valence-electron chi connectivity index (χ0n) is 9.12. The standard InChI is InChI=1S/C13H17NO/c1-10-3-4-12(11(7-10)8-15)13(9-14)5-2-6-13/h3-4,7-8H,2,5-6,9,14H2,1H3. The van der Waals surface area contributed by atoms with Gasteiger partial charge >= 0.3 is 0 Å². The molecule has 0 amide bonds. The summed E-state index contributed by atoms with van der Waals surface area (Å²) in [6.45, 7) is 2.66. The van der Waals surface area contributed by atoms with Gasteiger partial charge in [0.2, 0.25) is 0 Å². The number of nitrogens with two attached hydrogens (primary N) is 1. The van der Waals surface area contributed by atoms with E-state index in [2.05, 4.69) is 12.1 Å². The second-order valence-corrected chi connectivity index (χ2v) is 4.55. The quantitative estimate of drug-likeness (QED) is 0.765. The van der Waals surface area contributed by atoms with E-state index >= 15 is 0 Å². The Balaban J connectivity index is 2.46. The van der Waals surface area contributed by atoms with Crippen LogP contribution in [-0.4, -0.2) is 12.8 Å².